The maximum atomic E-state index is 11.9. The molecule has 0 spiro atoms. The highest BCUT2D eigenvalue weighted by Crippen LogP contribution is 2.38. The van der Waals surface area contributed by atoms with Gasteiger partial charge in [0.05, 0.1) is 9.95 Å². The van der Waals surface area contributed by atoms with E-state index in [9.17, 15) is 23.3 Å². The molecule has 0 bridgehead atoms. The van der Waals surface area contributed by atoms with E-state index in [1.54, 1.807) is 0 Å². The molecule has 1 atom stereocenters. The van der Waals surface area contributed by atoms with E-state index >= 15 is 0 Å². The SMILES string of the molecule is O=C1CC(S(=O)(=O)Cl)CN1c1c(Cl)cccc1[N+](=O)[O-]. The van der Waals surface area contributed by atoms with E-state index in [-0.39, 0.29) is 29.4 Å². The van der Waals surface area contributed by atoms with Crippen LogP contribution >= 0.6 is 22.3 Å². The Morgan fingerprint density at radius 1 is 1.40 bits per heavy atom. The number of halogens is 2. The fourth-order valence-corrected chi connectivity index (χ4v) is 3.30. The van der Waals surface area contributed by atoms with Crippen molar-refractivity contribution in [1.82, 2.24) is 0 Å². The average Bonchev–Trinajstić information content (AvgIpc) is 2.70. The molecular weight excluding hydrogens is 331 g/mol. The second kappa shape index (κ2) is 5.19. The third kappa shape index (κ3) is 2.72. The molecule has 1 saturated heterocycles. The zero-order valence-electron chi connectivity index (χ0n) is 9.82. The van der Waals surface area contributed by atoms with Crippen LogP contribution in [0, 0.1) is 10.1 Å². The number of amides is 1. The van der Waals surface area contributed by atoms with Gasteiger partial charge in [-0.3, -0.25) is 14.9 Å². The van der Waals surface area contributed by atoms with Crippen LogP contribution in [-0.2, 0) is 13.8 Å². The molecule has 0 aromatic heterocycles. The number of carbonyl (C=O) groups is 1. The van der Waals surface area contributed by atoms with Gasteiger partial charge in [0, 0.05) is 29.7 Å². The van der Waals surface area contributed by atoms with Crippen molar-refractivity contribution in [1.29, 1.82) is 0 Å². The first kappa shape index (κ1) is 15.0. The molecule has 1 aliphatic rings. The van der Waals surface area contributed by atoms with E-state index in [1.165, 1.54) is 18.2 Å². The highest BCUT2D eigenvalue weighted by atomic mass is 35.7. The molecule has 2 rings (SSSR count). The second-order valence-electron chi connectivity index (χ2n) is 4.17. The molecular formula is C10H8Cl2N2O5S. The molecule has 0 saturated carbocycles. The van der Waals surface area contributed by atoms with Crippen molar-refractivity contribution < 1.29 is 18.1 Å². The van der Waals surface area contributed by atoms with Gasteiger partial charge in [-0.2, -0.15) is 0 Å². The topological polar surface area (TPSA) is 97.6 Å². The van der Waals surface area contributed by atoms with E-state index in [1.807, 2.05) is 0 Å². The van der Waals surface area contributed by atoms with Gasteiger partial charge in [-0.05, 0) is 6.07 Å². The first-order valence-corrected chi connectivity index (χ1v) is 8.13. The number of anilines is 1. The number of hydrogen-bond donors (Lipinski definition) is 0. The number of nitro groups is 1. The molecule has 0 N–H and O–H groups in total. The van der Waals surface area contributed by atoms with Crippen LogP contribution < -0.4 is 4.90 Å². The van der Waals surface area contributed by atoms with Crippen LogP contribution in [-0.4, -0.2) is 31.0 Å². The molecule has 7 nitrogen and oxygen atoms in total. The second-order valence-corrected chi connectivity index (χ2v) is 7.49. The minimum absolute atomic E-state index is 0.000158. The Hall–Kier alpha value is -1.38. The first-order valence-electron chi connectivity index (χ1n) is 5.38. The van der Waals surface area contributed by atoms with Gasteiger partial charge in [0.1, 0.15) is 10.9 Å². The zero-order chi connectivity index (χ0) is 15.1. The Labute approximate surface area is 123 Å². The summed E-state index contributed by atoms with van der Waals surface area (Å²) in [6, 6.07) is 3.96. The summed E-state index contributed by atoms with van der Waals surface area (Å²) >= 11 is 5.90. The maximum absolute atomic E-state index is 11.9. The fourth-order valence-electron chi connectivity index (χ4n) is 2.00. The maximum Gasteiger partial charge on any atom is 0.294 e. The molecule has 1 amide bonds. The summed E-state index contributed by atoms with van der Waals surface area (Å²) in [6.45, 7) is -0.255. The lowest BCUT2D eigenvalue weighted by molar-refractivity contribution is -0.384. The van der Waals surface area contributed by atoms with E-state index in [4.69, 9.17) is 22.3 Å². The fraction of sp³-hybridized carbons (Fsp3) is 0.300. The van der Waals surface area contributed by atoms with Crippen LogP contribution in [0.2, 0.25) is 5.02 Å². The van der Waals surface area contributed by atoms with Gasteiger partial charge < -0.3 is 4.90 Å². The van der Waals surface area contributed by atoms with Gasteiger partial charge in [-0.25, -0.2) is 8.42 Å². The lowest BCUT2D eigenvalue weighted by Crippen LogP contribution is -2.27. The van der Waals surface area contributed by atoms with Crippen molar-refractivity contribution in [2.45, 2.75) is 11.7 Å². The predicted molar refractivity (Wildman–Crippen MR) is 73.6 cm³/mol. The third-order valence-corrected chi connectivity index (χ3v) is 5.09. The van der Waals surface area contributed by atoms with Gasteiger partial charge in [0.2, 0.25) is 15.0 Å². The molecule has 108 valence electrons. The van der Waals surface area contributed by atoms with Gasteiger partial charge in [-0.15, -0.1) is 0 Å². The number of para-hydroxylation sites is 1. The smallest absolute Gasteiger partial charge is 0.294 e. The van der Waals surface area contributed by atoms with Gasteiger partial charge >= 0.3 is 0 Å². The Morgan fingerprint density at radius 2 is 2.05 bits per heavy atom. The van der Waals surface area contributed by atoms with Crippen molar-refractivity contribution in [2.75, 3.05) is 11.4 Å². The Bertz CT molecular complexity index is 691. The minimum Gasteiger partial charge on any atom is -0.304 e. The van der Waals surface area contributed by atoms with Gasteiger partial charge in [0.25, 0.3) is 5.69 Å². The number of benzene rings is 1. The summed E-state index contributed by atoms with van der Waals surface area (Å²) < 4.78 is 22.6. The van der Waals surface area contributed by atoms with E-state index in [2.05, 4.69) is 0 Å². The normalized spacial score (nSPS) is 19.4. The van der Waals surface area contributed by atoms with Crippen LogP contribution in [0.4, 0.5) is 11.4 Å². The quantitative estimate of drug-likeness (QED) is 0.476. The first-order chi connectivity index (χ1) is 9.21. The molecule has 1 aromatic carbocycles. The lowest BCUT2D eigenvalue weighted by Gasteiger charge is -2.17. The standard InChI is InChI=1S/C10H8Cl2N2O5S/c11-7-2-1-3-8(14(16)17)10(7)13-5-6(4-9(13)15)20(12,18)19/h1-3,6H,4-5H2. The largest absolute Gasteiger partial charge is 0.304 e. The van der Waals surface area contributed by atoms with Crippen molar-refractivity contribution in [2.24, 2.45) is 0 Å². The summed E-state index contributed by atoms with van der Waals surface area (Å²) in [5.74, 6) is -0.574. The highest BCUT2D eigenvalue weighted by Gasteiger charge is 2.40. The summed E-state index contributed by atoms with van der Waals surface area (Å²) in [7, 11) is 1.30. The Kier molecular flexibility index (Phi) is 3.90. The van der Waals surface area contributed by atoms with Crippen LogP contribution in [0.1, 0.15) is 6.42 Å². The molecule has 1 aliphatic heterocycles. The molecule has 1 fully saturated rings. The van der Waals surface area contributed by atoms with E-state index in [0.717, 1.165) is 4.90 Å². The summed E-state index contributed by atoms with van der Waals surface area (Å²) in [5, 5.41) is 9.88. The number of nitrogens with zero attached hydrogens (tertiary/aromatic N) is 2. The third-order valence-electron chi connectivity index (χ3n) is 2.92. The van der Waals surface area contributed by atoms with Crippen LogP contribution in [0.15, 0.2) is 18.2 Å². The van der Waals surface area contributed by atoms with Crippen LogP contribution in [0.5, 0.6) is 0 Å². The minimum atomic E-state index is -3.93. The Morgan fingerprint density at radius 3 is 2.55 bits per heavy atom. The van der Waals surface area contributed by atoms with Crippen molar-refractivity contribution >= 4 is 48.6 Å². The van der Waals surface area contributed by atoms with Crippen LogP contribution in [0.25, 0.3) is 0 Å². The molecule has 1 aromatic rings. The molecule has 0 radical (unpaired) electrons. The van der Waals surface area contributed by atoms with E-state index in [0.29, 0.717) is 0 Å². The molecule has 1 unspecified atom stereocenters. The average molecular weight is 339 g/mol. The summed E-state index contributed by atoms with van der Waals surface area (Å²) in [6.07, 6.45) is -0.325. The number of rotatable bonds is 3. The zero-order valence-corrected chi connectivity index (χ0v) is 12.2. The molecule has 10 heteroatoms. The molecule has 0 aliphatic carbocycles. The number of hydrogen-bond acceptors (Lipinski definition) is 5. The van der Waals surface area contributed by atoms with Crippen molar-refractivity contribution in [3.8, 4) is 0 Å². The number of carbonyl (C=O) groups excluding carboxylic acids is 1. The number of nitro benzene ring substituents is 1. The highest BCUT2D eigenvalue weighted by molar-refractivity contribution is 8.14. The van der Waals surface area contributed by atoms with Gasteiger partial charge in [-0.1, -0.05) is 17.7 Å². The van der Waals surface area contributed by atoms with E-state index < -0.39 is 25.1 Å². The predicted octanol–water partition coefficient (Wildman–Crippen LogP) is 1.92. The monoisotopic (exact) mass is 338 g/mol. The van der Waals surface area contributed by atoms with Crippen molar-refractivity contribution in [3.05, 3.63) is 33.3 Å². The summed E-state index contributed by atoms with van der Waals surface area (Å²) in [4.78, 5) is 23.2. The molecule has 1 heterocycles. The lowest BCUT2D eigenvalue weighted by atomic mass is 10.2. The van der Waals surface area contributed by atoms with Crippen LogP contribution in [0.3, 0.4) is 0 Å². The van der Waals surface area contributed by atoms with Crippen molar-refractivity contribution in [3.63, 3.8) is 0 Å². The Balaban J connectivity index is 2.48. The summed E-state index contributed by atoms with van der Waals surface area (Å²) in [5.41, 5.74) is -0.467. The van der Waals surface area contributed by atoms with Gasteiger partial charge in [0.15, 0.2) is 0 Å². The molecule has 20 heavy (non-hydrogen) atoms.